The number of hydrogen-bond donors (Lipinski definition) is 0. The van der Waals surface area contributed by atoms with Gasteiger partial charge in [-0.2, -0.15) is 4.98 Å². The molecule has 0 radical (unpaired) electrons. The van der Waals surface area contributed by atoms with E-state index in [4.69, 9.17) is 4.52 Å². The van der Waals surface area contributed by atoms with Gasteiger partial charge in [0.1, 0.15) is 5.82 Å². The molecule has 2 aromatic rings. The molecular weight excluding hydrogens is 299 g/mol. The van der Waals surface area contributed by atoms with Gasteiger partial charge in [0.2, 0.25) is 17.6 Å². The predicted molar refractivity (Wildman–Crippen MR) is 82.1 cm³/mol. The molecule has 0 saturated carbocycles. The fourth-order valence-electron chi connectivity index (χ4n) is 2.53. The quantitative estimate of drug-likeness (QED) is 0.856. The largest absolute Gasteiger partial charge is 0.340 e. The van der Waals surface area contributed by atoms with Crippen LogP contribution >= 0.6 is 0 Å². The molecule has 0 aliphatic carbocycles. The number of aromatic nitrogens is 2. The van der Waals surface area contributed by atoms with Gasteiger partial charge in [0.15, 0.2) is 0 Å². The van der Waals surface area contributed by atoms with Crippen molar-refractivity contribution >= 4 is 5.91 Å². The minimum Gasteiger partial charge on any atom is -0.340 e. The zero-order valence-corrected chi connectivity index (χ0v) is 13.0. The van der Waals surface area contributed by atoms with Crippen molar-refractivity contribution in [2.24, 2.45) is 0 Å². The normalized spacial score (nSPS) is 15.8. The topological polar surface area (TPSA) is 62.5 Å². The Morgan fingerprint density at radius 3 is 2.83 bits per heavy atom. The molecule has 0 N–H and O–H groups in total. The van der Waals surface area contributed by atoms with E-state index in [0.29, 0.717) is 30.1 Å². The van der Waals surface area contributed by atoms with Crippen LogP contribution in [-0.4, -0.2) is 59.1 Å². The Morgan fingerprint density at radius 1 is 1.30 bits per heavy atom. The first kappa shape index (κ1) is 15.6. The lowest BCUT2D eigenvalue weighted by molar-refractivity contribution is -0.132. The second-order valence-electron chi connectivity index (χ2n) is 5.71. The molecule has 1 aromatic heterocycles. The number of rotatable bonds is 4. The van der Waals surface area contributed by atoms with Crippen LogP contribution in [0.2, 0.25) is 0 Å². The van der Waals surface area contributed by atoms with E-state index in [9.17, 15) is 9.18 Å². The summed E-state index contributed by atoms with van der Waals surface area (Å²) in [6, 6.07) is 6.02. The van der Waals surface area contributed by atoms with E-state index in [0.717, 1.165) is 26.2 Å². The molecule has 2 heterocycles. The molecular formula is C16H19FN4O2. The number of nitrogens with zero attached hydrogens (tertiary/aromatic N) is 4. The van der Waals surface area contributed by atoms with E-state index in [-0.39, 0.29) is 11.7 Å². The molecule has 1 aromatic carbocycles. The molecule has 1 saturated heterocycles. The third kappa shape index (κ3) is 3.92. The average molecular weight is 318 g/mol. The van der Waals surface area contributed by atoms with Crippen LogP contribution in [-0.2, 0) is 11.2 Å². The van der Waals surface area contributed by atoms with Gasteiger partial charge in [0, 0.05) is 44.6 Å². The van der Waals surface area contributed by atoms with Crippen LogP contribution in [0, 0.1) is 5.82 Å². The summed E-state index contributed by atoms with van der Waals surface area (Å²) in [6.45, 7) is 3.31. The highest BCUT2D eigenvalue weighted by atomic mass is 19.1. The van der Waals surface area contributed by atoms with Crippen molar-refractivity contribution < 1.29 is 13.7 Å². The van der Waals surface area contributed by atoms with Crippen molar-refractivity contribution in [1.82, 2.24) is 19.9 Å². The number of hydrogen-bond acceptors (Lipinski definition) is 5. The summed E-state index contributed by atoms with van der Waals surface area (Å²) in [5.74, 6) is 0.487. The molecule has 1 amide bonds. The van der Waals surface area contributed by atoms with Gasteiger partial charge in [-0.05, 0) is 19.2 Å². The average Bonchev–Trinajstić information content (AvgIpc) is 3.02. The Kier molecular flexibility index (Phi) is 4.66. The maximum atomic E-state index is 13.2. The lowest BCUT2D eigenvalue weighted by atomic mass is 10.2. The van der Waals surface area contributed by atoms with Gasteiger partial charge < -0.3 is 14.3 Å². The summed E-state index contributed by atoms with van der Waals surface area (Å²) in [4.78, 5) is 20.5. The van der Waals surface area contributed by atoms with E-state index in [1.165, 1.54) is 12.1 Å². The van der Waals surface area contributed by atoms with Crippen LogP contribution in [0.4, 0.5) is 4.39 Å². The molecule has 0 bridgehead atoms. The molecule has 1 aliphatic heterocycles. The zero-order valence-electron chi connectivity index (χ0n) is 13.0. The van der Waals surface area contributed by atoms with E-state index in [1.54, 1.807) is 12.1 Å². The van der Waals surface area contributed by atoms with Crippen LogP contribution in [0.1, 0.15) is 12.3 Å². The number of benzene rings is 1. The molecule has 0 spiro atoms. The Labute approximate surface area is 133 Å². The zero-order chi connectivity index (χ0) is 16.2. The number of piperazine rings is 1. The second kappa shape index (κ2) is 6.87. The minimum absolute atomic E-state index is 0.101. The van der Waals surface area contributed by atoms with E-state index < -0.39 is 0 Å². The maximum absolute atomic E-state index is 13.2. The number of aryl methyl sites for hydroxylation is 1. The molecule has 6 nitrogen and oxygen atoms in total. The highest BCUT2D eigenvalue weighted by Gasteiger charge is 2.19. The van der Waals surface area contributed by atoms with Crippen molar-refractivity contribution in [1.29, 1.82) is 0 Å². The molecule has 1 aliphatic rings. The van der Waals surface area contributed by atoms with Crippen molar-refractivity contribution in [3.8, 4) is 11.4 Å². The van der Waals surface area contributed by atoms with Crippen LogP contribution in [0.15, 0.2) is 28.8 Å². The number of likely N-dealkylation sites (N-methyl/N-ethyl adjacent to an activating group) is 1. The second-order valence-corrected chi connectivity index (χ2v) is 5.71. The van der Waals surface area contributed by atoms with E-state index >= 15 is 0 Å². The van der Waals surface area contributed by atoms with Gasteiger partial charge in [-0.1, -0.05) is 17.3 Å². The Hall–Kier alpha value is -2.28. The van der Waals surface area contributed by atoms with Crippen LogP contribution in [0.25, 0.3) is 11.4 Å². The number of carbonyl (C=O) groups is 1. The Bertz CT molecular complexity index is 680. The monoisotopic (exact) mass is 318 g/mol. The summed E-state index contributed by atoms with van der Waals surface area (Å²) in [6.07, 6.45) is 0.738. The fraction of sp³-hybridized carbons (Fsp3) is 0.438. The summed E-state index contributed by atoms with van der Waals surface area (Å²) in [5.41, 5.74) is 0.561. The first-order valence-corrected chi connectivity index (χ1v) is 7.66. The predicted octanol–water partition coefficient (Wildman–Crippen LogP) is 1.58. The fourth-order valence-corrected chi connectivity index (χ4v) is 2.53. The number of carbonyl (C=O) groups excluding carboxylic acids is 1. The van der Waals surface area contributed by atoms with Gasteiger partial charge in [0.05, 0.1) is 0 Å². The minimum atomic E-state index is -0.348. The van der Waals surface area contributed by atoms with E-state index in [2.05, 4.69) is 15.0 Å². The first-order chi connectivity index (χ1) is 11.1. The molecule has 23 heavy (non-hydrogen) atoms. The lowest BCUT2D eigenvalue weighted by Crippen LogP contribution is -2.47. The van der Waals surface area contributed by atoms with Crippen LogP contribution in [0.3, 0.4) is 0 Å². The molecule has 122 valence electrons. The number of amides is 1. The van der Waals surface area contributed by atoms with Gasteiger partial charge in [-0.3, -0.25) is 4.79 Å². The van der Waals surface area contributed by atoms with Gasteiger partial charge in [-0.25, -0.2) is 4.39 Å². The van der Waals surface area contributed by atoms with Crippen LogP contribution in [0.5, 0.6) is 0 Å². The van der Waals surface area contributed by atoms with Crippen molar-refractivity contribution in [3.05, 3.63) is 36.0 Å². The molecule has 0 unspecified atom stereocenters. The highest BCUT2D eigenvalue weighted by molar-refractivity contribution is 5.76. The van der Waals surface area contributed by atoms with E-state index in [1.807, 2.05) is 11.9 Å². The van der Waals surface area contributed by atoms with Crippen molar-refractivity contribution in [2.75, 3.05) is 33.2 Å². The van der Waals surface area contributed by atoms with Crippen molar-refractivity contribution in [2.45, 2.75) is 12.8 Å². The highest BCUT2D eigenvalue weighted by Crippen LogP contribution is 2.17. The maximum Gasteiger partial charge on any atom is 0.227 e. The van der Waals surface area contributed by atoms with Gasteiger partial charge in [0.25, 0.3) is 0 Å². The summed E-state index contributed by atoms with van der Waals surface area (Å²) < 4.78 is 18.4. The summed E-state index contributed by atoms with van der Waals surface area (Å²) in [7, 11) is 2.05. The molecule has 3 rings (SSSR count). The third-order valence-corrected chi connectivity index (χ3v) is 3.96. The Balaban J connectivity index is 1.56. The lowest BCUT2D eigenvalue weighted by Gasteiger charge is -2.32. The summed E-state index contributed by atoms with van der Waals surface area (Å²) >= 11 is 0. The SMILES string of the molecule is CN1CCN(C(=O)CCc2nc(-c3cccc(F)c3)no2)CC1. The molecule has 1 fully saturated rings. The molecule has 7 heteroatoms. The standard InChI is InChI=1S/C16H19FN4O2/c1-20-7-9-21(10-8-20)15(22)6-5-14-18-16(19-23-14)12-3-2-4-13(17)11-12/h2-4,11H,5-10H2,1H3. The number of halogens is 1. The summed E-state index contributed by atoms with van der Waals surface area (Å²) in [5, 5.41) is 3.84. The smallest absolute Gasteiger partial charge is 0.227 e. The van der Waals surface area contributed by atoms with Gasteiger partial charge >= 0.3 is 0 Å². The third-order valence-electron chi connectivity index (χ3n) is 3.96. The van der Waals surface area contributed by atoms with Crippen molar-refractivity contribution in [3.63, 3.8) is 0 Å². The van der Waals surface area contributed by atoms with Crippen LogP contribution < -0.4 is 0 Å². The van der Waals surface area contributed by atoms with Gasteiger partial charge in [-0.15, -0.1) is 0 Å². The first-order valence-electron chi connectivity index (χ1n) is 7.66. The Morgan fingerprint density at radius 2 is 2.09 bits per heavy atom. The molecule has 0 atom stereocenters.